The van der Waals surface area contributed by atoms with E-state index in [0.29, 0.717) is 6.04 Å². The molecule has 1 aromatic heterocycles. The molecular formula is C18H24BrNS. The number of halogens is 1. The second-order valence-corrected chi connectivity index (χ2v) is 7.74. The molecule has 0 fully saturated rings. The van der Waals surface area contributed by atoms with Gasteiger partial charge in [-0.2, -0.15) is 0 Å². The van der Waals surface area contributed by atoms with E-state index in [4.69, 9.17) is 0 Å². The number of nitrogens with one attached hydrogen (secondary N) is 1. The van der Waals surface area contributed by atoms with Gasteiger partial charge in [0.1, 0.15) is 0 Å². The van der Waals surface area contributed by atoms with Crippen molar-refractivity contribution >= 4 is 27.3 Å². The summed E-state index contributed by atoms with van der Waals surface area (Å²) in [6, 6.07) is 9.55. The van der Waals surface area contributed by atoms with E-state index in [1.165, 1.54) is 30.9 Å². The predicted molar refractivity (Wildman–Crippen MR) is 97.5 cm³/mol. The van der Waals surface area contributed by atoms with E-state index in [1.54, 1.807) is 0 Å². The molecule has 2 aromatic rings. The Bertz CT molecular complexity index is 584. The number of rotatable bonds is 6. The van der Waals surface area contributed by atoms with Crippen molar-refractivity contribution in [1.82, 2.24) is 5.32 Å². The van der Waals surface area contributed by atoms with E-state index in [2.05, 4.69) is 73.2 Å². The maximum atomic E-state index is 3.67. The molecule has 0 spiro atoms. The minimum absolute atomic E-state index is 0.298. The molecule has 0 radical (unpaired) electrons. The van der Waals surface area contributed by atoms with Gasteiger partial charge in [-0.25, -0.2) is 0 Å². The highest BCUT2D eigenvalue weighted by atomic mass is 79.9. The molecule has 0 aliphatic rings. The Hall–Kier alpha value is -0.640. The number of aryl methyl sites for hydroxylation is 3. The van der Waals surface area contributed by atoms with Gasteiger partial charge >= 0.3 is 0 Å². The molecule has 1 atom stereocenters. The fraction of sp³-hybridized carbons (Fsp3) is 0.444. The van der Waals surface area contributed by atoms with Crippen molar-refractivity contribution in [2.75, 3.05) is 6.54 Å². The lowest BCUT2D eigenvalue weighted by molar-refractivity contribution is 0.633. The van der Waals surface area contributed by atoms with Crippen LogP contribution in [0.5, 0.6) is 0 Å². The second kappa shape index (κ2) is 7.57. The largest absolute Gasteiger partial charge is 0.306 e. The van der Waals surface area contributed by atoms with E-state index in [1.807, 2.05) is 11.3 Å². The molecule has 1 N–H and O–H groups in total. The van der Waals surface area contributed by atoms with Crippen molar-refractivity contribution in [3.63, 3.8) is 0 Å². The van der Waals surface area contributed by atoms with Crippen LogP contribution in [0, 0.1) is 6.92 Å². The van der Waals surface area contributed by atoms with Crippen LogP contribution in [-0.2, 0) is 12.8 Å². The number of hydrogen-bond donors (Lipinski definition) is 1. The van der Waals surface area contributed by atoms with E-state index in [-0.39, 0.29) is 0 Å². The van der Waals surface area contributed by atoms with Gasteiger partial charge in [-0.3, -0.25) is 0 Å². The summed E-state index contributed by atoms with van der Waals surface area (Å²) in [4.78, 5) is 1.39. The summed E-state index contributed by atoms with van der Waals surface area (Å²) < 4.78 is 1.24. The van der Waals surface area contributed by atoms with Gasteiger partial charge in [-0.15, -0.1) is 11.3 Å². The lowest BCUT2D eigenvalue weighted by Gasteiger charge is -2.21. The summed E-state index contributed by atoms with van der Waals surface area (Å²) in [5.41, 5.74) is 5.62. The first-order valence-electron chi connectivity index (χ1n) is 7.71. The van der Waals surface area contributed by atoms with Crippen LogP contribution < -0.4 is 5.32 Å². The fourth-order valence-electron chi connectivity index (χ4n) is 2.65. The molecule has 114 valence electrons. The van der Waals surface area contributed by atoms with Crippen LogP contribution in [0.1, 0.15) is 53.9 Å². The van der Waals surface area contributed by atoms with Gasteiger partial charge in [0, 0.05) is 4.88 Å². The summed E-state index contributed by atoms with van der Waals surface area (Å²) in [6.07, 6.45) is 2.16. The zero-order chi connectivity index (χ0) is 15.4. The minimum atomic E-state index is 0.298. The third-order valence-electron chi connectivity index (χ3n) is 3.88. The number of benzene rings is 1. The zero-order valence-corrected chi connectivity index (χ0v) is 15.7. The van der Waals surface area contributed by atoms with Crippen LogP contribution in [0.3, 0.4) is 0 Å². The second-order valence-electron chi connectivity index (χ2n) is 5.34. The van der Waals surface area contributed by atoms with E-state index >= 15 is 0 Å². The molecule has 1 nitrogen and oxygen atoms in total. The average molecular weight is 366 g/mol. The van der Waals surface area contributed by atoms with Crippen LogP contribution in [0.2, 0.25) is 0 Å². The summed E-state index contributed by atoms with van der Waals surface area (Å²) in [7, 11) is 0. The van der Waals surface area contributed by atoms with Gasteiger partial charge in [-0.1, -0.05) is 39.0 Å². The zero-order valence-electron chi connectivity index (χ0n) is 13.3. The molecule has 0 aliphatic carbocycles. The van der Waals surface area contributed by atoms with Crippen molar-refractivity contribution in [3.05, 3.63) is 55.2 Å². The molecule has 1 heterocycles. The van der Waals surface area contributed by atoms with Crippen molar-refractivity contribution in [1.29, 1.82) is 0 Å². The standard InChI is InChI=1S/C18H24BrNS/c1-5-13-8-9-14(6-2)15(11-13)17(20-7-3)16-10-12(4)18(19)21-16/h8-11,17,20H,5-7H2,1-4H3. The predicted octanol–water partition coefficient (Wildman–Crippen LogP) is 5.64. The van der Waals surface area contributed by atoms with Crippen LogP contribution in [0.15, 0.2) is 28.1 Å². The highest BCUT2D eigenvalue weighted by molar-refractivity contribution is 9.11. The first-order chi connectivity index (χ1) is 10.1. The monoisotopic (exact) mass is 365 g/mol. The summed E-state index contributed by atoms with van der Waals surface area (Å²) in [6.45, 7) is 9.77. The quantitative estimate of drug-likeness (QED) is 0.697. The van der Waals surface area contributed by atoms with Gasteiger partial charge in [-0.05, 0) is 70.6 Å². The van der Waals surface area contributed by atoms with E-state index in [9.17, 15) is 0 Å². The van der Waals surface area contributed by atoms with E-state index < -0.39 is 0 Å². The van der Waals surface area contributed by atoms with Gasteiger partial charge in [0.25, 0.3) is 0 Å². The lowest BCUT2D eigenvalue weighted by Crippen LogP contribution is -2.22. The Morgan fingerprint density at radius 3 is 2.43 bits per heavy atom. The normalized spacial score (nSPS) is 12.6. The Labute approximate surface area is 140 Å². The fourth-order valence-corrected chi connectivity index (χ4v) is 4.31. The Balaban J connectivity index is 2.51. The Morgan fingerprint density at radius 2 is 1.90 bits per heavy atom. The van der Waals surface area contributed by atoms with Crippen molar-refractivity contribution in [2.24, 2.45) is 0 Å². The molecule has 0 saturated heterocycles. The molecule has 0 aliphatic heterocycles. The van der Waals surface area contributed by atoms with Crippen molar-refractivity contribution in [3.8, 4) is 0 Å². The molecular weight excluding hydrogens is 342 g/mol. The van der Waals surface area contributed by atoms with Crippen LogP contribution in [0.25, 0.3) is 0 Å². The van der Waals surface area contributed by atoms with Gasteiger partial charge in [0.05, 0.1) is 9.83 Å². The van der Waals surface area contributed by atoms with Gasteiger partial charge in [0.15, 0.2) is 0 Å². The summed E-state index contributed by atoms with van der Waals surface area (Å²) in [5.74, 6) is 0. The highest BCUT2D eigenvalue weighted by Crippen LogP contribution is 2.36. The maximum absolute atomic E-state index is 3.67. The topological polar surface area (TPSA) is 12.0 Å². The smallest absolute Gasteiger partial charge is 0.0731 e. The molecule has 0 amide bonds. The van der Waals surface area contributed by atoms with Crippen molar-refractivity contribution in [2.45, 2.75) is 46.6 Å². The highest BCUT2D eigenvalue weighted by Gasteiger charge is 2.19. The average Bonchev–Trinajstić information content (AvgIpc) is 2.83. The number of thiophene rings is 1. The SMILES string of the molecule is CCNC(c1cc(C)c(Br)s1)c1cc(CC)ccc1CC. The van der Waals surface area contributed by atoms with Gasteiger partial charge in [0.2, 0.25) is 0 Å². The summed E-state index contributed by atoms with van der Waals surface area (Å²) >= 11 is 5.51. The Morgan fingerprint density at radius 1 is 1.14 bits per heavy atom. The molecule has 0 saturated carbocycles. The molecule has 3 heteroatoms. The van der Waals surface area contributed by atoms with Crippen molar-refractivity contribution < 1.29 is 0 Å². The first-order valence-corrected chi connectivity index (χ1v) is 9.32. The lowest BCUT2D eigenvalue weighted by atomic mass is 9.94. The molecule has 1 aromatic carbocycles. The van der Waals surface area contributed by atoms with E-state index in [0.717, 1.165) is 19.4 Å². The molecule has 1 unspecified atom stereocenters. The molecule has 2 rings (SSSR count). The van der Waals surface area contributed by atoms with Gasteiger partial charge < -0.3 is 5.32 Å². The molecule has 0 bridgehead atoms. The Kier molecular flexibility index (Phi) is 6.03. The third kappa shape index (κ3) is 3.77. The maximum Gasteiger partial charge on any atom is 0.0731 e. The summed E-state index contributed by atoms with van der Waals surface area (Å²) in [5, 5.41) is 3.67. The third-order valence-corrected chi connectivity index (χ3v) is 6.08. The first kappa shape index (κ1) is 16.7. The van der Waals surface area contributed by atoms with Crippen LogP contribution in [-0.4, -0.2) is 6.54 Å². The minimum Gasteiger partial charge on any atom is -0.306 e. The molecule has 21 heavy (non-hydrogen) atoms. The van der Waals surface area contributed by atoms with Crippen LogP contribution in [0.4, 0.5) is 0 Å². The van der Waals surface area contributed by atoms with Crippen LogP contribution >= 0.6 is 27.3 Å². The number of hydrogen-bond acceptors (Lipinski definition) is 2.